The molecule has 1 aromatic heterocycles. The topological polar surface area (TPSA) is 80.7 Å². The van der Waals surface area contributed by atoms with Crippen LogP contribution in [0.15, 0.2) is 23.5 Å². The van der Waals surface area contributed by atoms with E-state index in [2.05, 4.69) is 24.0 Å². The van der Waals surface area contributed by atoms with E-state index in [-0.39, 0.29) is 5.84 Å². The molecule has 1 rings (SSSR count). The zero-order valence-corrected chi connectivity index (χ0v) is 10.3. The maximum atomic E-state index is 8.48. The van der Waals surface area contributed by atoms with Gasteiger partial charge < -0.3 is 15.7 Å². The summed E-state index contributed by atoms with van der Waals surface area (Å²) in [5.41, 5.74) is 5.83. The van der Waals surface area contributed by atoms with Crippen LogP contribution in [-0.2, 0) is 0 Å². The van der Waals surface area contributed by atoms with Gasteiger partial charge in [-0.1, -0.05) is 25.4 Å². The Labute approximate surface area is 101 Å². The Morgan fingerprint density at radius 3 is 2.88 bits per heavy atom. The fourth-order valence-electron chi connectivity index (χ4n) is 1.48. The van der Waals surface area contributed by atoms with Crippen LogP contribution < -0.4 is 10.5 Å². The van der Waals surface area contributed by atoms with Crippen molar-refractivity contribution in [1.82, 2.24) is 4.98 Å². The second kappa shape index (κ2) is 6.73. The van der Waals surface area contributed by atoms with E-state index in [0.29, 0.717) is 24.0 Å². The van der Waals surface area contributed by atoms with E-state index >= 15 is 0 Å². The standard InChI is InChI=1S/C12H19N3O2/c1-3-4-9(2)8-17-10-5-6-11(14-7-10)12(13)15-16/h5-7,9,16H,3-4,8H2,1-2H3,(H2,13,15). The van der Waals surface area contributed by atoms with Gasteiger partial charge in [0.05, 0.1) is 12.8 Å². The van der Waals surface area contributed by atoms with Crippen LogP contribution in [0, 0.1) is 5.92 Å². The average molecular weight is 237 g/mol. The average Bonchev–Trinajstić information content (AvgIpc) is 2.36. The second-order valence-electron chi connectivity index (χ2n) is 4.07. The highest BCUT2D eigenvalue weighted by atomic mass is 16.5. The molecule has 0 aliphatic rings. The zero-order chi connectivity index (χ0) is 12.7. The predicted molar refractivity (Wildman–Crippen MR) is 66.3 cm³/mol. The summed E-state index contributed by atoms with van der Waals surface area (Å²) in [6.07, 6.45) is 3.88. The summed E-state index contributed by atoms with van der Waals surface area (Å²) in [6.45, 7) is 4.99. The summed E-state index contributed by atoms with van der Waals surface area (Å²) in [4.78, 5) is 4.03. The maximum absolute atomic E-state index is 8.48. The Balaban J connectivity index is 2.51. The van der Waals surface area contributed by atoms with Gasteiger partial charge in [0.25, 0.3) is 0 Å². The highest BCUT2D eigenvalue weighted by Gasteiger charge is 2.04. The van der Waals surface area contributed by atoms with E-state index in [1.54, 1.807) is 18.3 Å². The molecule has 0 spiro atoms. The van der Waals surface area contributed by atoms with Crippen molar-refractivity contribution in [2.24, 2.45) is 16.8 Å². The number of aromatic nitrogens is 1. The third-order valence-corrected chi connectivity index (χ3v) is 2.42. The number of pyridine rings is 1. The molecular formula is C12H19N3O2. The van der Waals surface area contributed by atoms with E-state index in [1.807, 2.05) is 0 Å². The first-order valence-corrected chi connectivity index (χ1v) is 5.74. The molecular weight excluding hydrogens is 218 g/mol. The number of nitrogens with zero attached hydrogens (tertiary/aromatic N) is 2. The van der Waals surface area contributed by atoms with Crippen LogP contribution in [0.5, 0.6) is 5.75 Å². The van der Waals surface area contributed by atoms with Crippen molar-refractivity contribution >= 4 is 5.84 Å². The molecule has 1 heterocycles. The smallest absolute Gasteiger partial charge is 0.188 e. The van der Waals surface area contributed by atoms with Gasteiger partial charge in [-0.05, 0) is 24.5 Å². The van der Waals surface area contributed by atoms with Gasteiger partial charge in [0.2, 0.25) is 0 Å². The number of rotatable bonds is 6. The van der Waals surface area contributed by atoms with Crippen LogP contribution in [0.2, 0.25) is 0 Å². The van der Waals surface area contributed by atoms with E-state index in [1.165, 1.54) is 0 Å². The lowest BCUT2D eigenvalue weighted by Crippen LogP contribution is -2.15. The minimum Gasteiger partial charge on any atom is -0.492 e. The molecule has 0 amide bonds. The Bertz CT molecular complexity index is 363. The lowest BCUT2D eigenvalue weighted by molar-refractivity contribution is 0.250. The van der Waals surface area contributed by atoms with Gasteiger partial charge in [-0.3, -0.25) is 0 Å². The minimum absolute atomic E-state index is 0.00380. The van der Waals surface area contributed by atoms with E-state index in [4.69, 9.17) is 15.7 Å². The molecule has 0 bridgehead atoms. The molecule has 0 radical (unpaired) electrons. The number of oxime groups is 1. The van der Waals surface area contributed by atoms with Crippen LogP contribution in [0.4, 0.5) is 0 Å². The Morgan fingerprint density at radius 1 is 1.59 bits per heavy atom. The fraction of sp³-hybridized carbons (Fsp3) is 0.500. The third kappa shape index (κ3) is 4.30. The van der Waals surface area contributed by atoms with Crippen LogP contribution in [0.25, 0.3) is 0 Å². The van der Waals surface area contributed by atoms with Crippen molar-refractivity contribution < 1.29 is 9.94 Å². The lowest BCUT2D eigenvalue weighted by atomic mass is 10.1. The van der Waals surface area contributed by atoms with Crippen LogP contribution in [-0.4, -0.2) is 22.6 Å². The van der Waals surface area contributed by atoms with Crippen LogP contribution >= 0.6 is 0 Å². The number of hydrogen-bond acceptors (Lipinski definition) is 4. The highest BCUT2D eigenvalue weighted by Crippen LogP contribution is 2.12. The van der Waals surface area contributed by atoms with Crippen molar-refractivity contribution in [1.29, 1.82) is 0 Å². The summed E-state index contributed by atoms with van der Waals surface area (Å²) < 4.78 is 5.58. The van der Waals surface area contributed by atoms with E-state index in [9.17, 15) is 0 Å². The molecule has 0 saturated carbocycles. The van der Waals surface area contributed by atoms with Gasteiger partial charge in [-0.25, -0.2) is 4.98 Å². The SMILES string of the molecule is CCCC(C)COc1ccc(/C(N)=N/O)nc1. The molecule has 0 aromatic carbocycles. The molecule has 0 fully saturated rings. The van der Waals surface area contributed by atoms with Gasteiger partial charge in [0, 0.05) is 0 Å². The summed E-state index contributed by atoms with van der Waals surface area (Å²) in [5.74, 6) is 1.22. The molecule has 5 nitrogen and oxygen atoms in total. The monoisotopic (exact) mass is 237 g/mol. The summed E-state index contributed by atoms with van der Waals surface area (Å²) in [7, 11) is 0. The highest BCUT2D eigenvalue weighted by molar-refractivity contribution is 5.95. The fourth-order valence-corrected chi connectivity index (χ4v) is 1.48. The predicted octanol–water partition coefficient (Wildman–Crippen LogP) is 1.99. The Morgan fingerprint density at radius 2 is 2.35 bits per heavy atom. The molecule has 94 valence electrons. The number of amidine groups is 1. The van der Waals surface area contributed by atoms with Gasteiger partial charge in [0.15, 0.2) is 5.84 Å². The quantitative estimate of drug-likeness (QED) is 0.343. The first-order chi connectivity index (χ1) is 8.17. The largest absolute Gasteiger partial charge is 0.492 e. The van der Waals surface area contributed by atoms with Crippen LogP contribution in [0.1, 0.15) is 32.4 Å². The van der Waals surface area contributed by atoms with E-state index < -0.39 is 0 Å². The molecule has 0 saturated heterocycles. The summed E-state index contributed by atoms with van der Waals surface area (Å²) in [6, 6.07) is 3.42. The van der Waals surface area contributed by atoms with Crippen molar-refractivity contribution in [2.75, 3.05) is 6.61 Å². The van der Waals surface area contributed by atoms with E-state index in [0.717, 1.165) is 12.8 Å². The van der Waals surface area contributed by atoms with Gasteiger partial charge in [-0.2, -0.15) is 0 Å². The number of hydrogen-bond donors (Lipinski definition) is 2. The van der Waals surface area contributed by atoms with Gasteiger partial charge in [0.1, 0.15) is 11.4 Å². The molecule has 0 aliphatic carbocycles. The molecule has 5 heteroatoms. The van der Waals surface area contributed by atoms with Crippen LogP contribution in [0.3, 0.4) is 0 Å². The molecule has 17 heavy (non-hydrogen) atoms. The van der Waals surface area contributed by atoms with Gasteiger partial charge in [-0.15, -0.1) is 0 Å². The van der Waals surface area contributed by atoms with Crippen molar-refractivity contribution in [3.8, 4) is 5.75 Å². The molecule has 1 aromatic rings. The first kappa shape index (κ1) is 13.3. The molecule has 1 atom stereocenters. The molecule has 0 aliphatic heterocycles. The Hall–Kier alpha value is -1.78. The zero-order valence-electron chi connectivity index (χ0n) is 10.3. The van der Waals surface area contributed by atoms with Crippen molar-refractivity contribution in [3.05, 3.63) is 24.0 Å². The normalized spacial score (nSPS) is 13.4. The lowest BCUT2D eigenvalue weighted by Gasteiger charge is -2.11. The maximum Gasteiger partial charge on any atom is 0.188 e. The Kier molecular flexibility index (Phi) is 5.26. The third-order valence-electron chi connectivity index (χ3n) is 2.42. The van der Waals surface area contributed by atoms with Gasteiger partial charge >= 0.3 is 0 Å². The first-order valence-electron chi connectivity index (χ1n) is 5.74. The minimum atomic E-state index is -0.00380. The second-order valence-corrected chi connectivity index (χ2v) is 4.07. The number of nitrogens with two attached hydrogens (primary N) is 1. The molecule has 3 N–H and O–H groups in total. The molecule has 1 unspecified atom stereocenters. The summed E-state index contributed by atoms with van der Waals surface area (Å²) in [5, 5.41) is 11.4. The van der Waals surface area contributed by atoms with Crippen molar-refractivity contribution in [2.45, 2.75) is 26.7 Å². The number of ether oxygens (including phenoxy) is 1. The van der Waals surface area contributed by atoms with Crippen molar-refractivity contribution in [3.63, 3.8) is 0 Å². The summed E-state index contributed by atoms with van der Waals surface area (Å²) >= 11 is 0.